The molecule has 0 unspecified atom stereocenters. The number of aryl methyl sites for hydroxylation is 3. The van der Waals surface area contributed by atoms with Gasteiger partial charge in [-0.15, -0.1) is 0 Å². The van der Waals surface area contributed by atoms with Crippen molar-refractivity contribution in [1.82, 2.24) is 20.3 Å². The number of oxazole rings is 1. The summed E-state index contributed by atoms with van der Waals surface area (Å²) in [5, 5.41) is 2.70. The summed E-state index contributed by atoms with van der Waals surface area (Å²) < 4.78 is 5.25. The van der Waals surface area contributed by atoms with Crippen LogP contribution in [-0.4, -0.2) is 26.7 Å². The smallest absolute Gasteiger partial charge is 0.294 e. The number of nitrogens with zero attached hydrogens (tertiary/aromatic N) is 4. The summed E-state index contributed by atoms with van der Waals surface area (Å²) in [5.41, 5.74) is 4.56. The van der Waals surface area contributed by atoms with Gasteiger partial charge in [0.1, 0.15) is 11.7 Å². The van der Waals surface area contributed by atoms with Crippen molar-refractivity contribution >= 4 is 17.4 Å². The molecule has 142 valence electrons. The molecule has 0 fully saturated rings. The van der Waals surface area contributed by atoms with Gasteiger partial charge < -0.3 is 9.73 Å². The number of amides is 1. The van der Waals surface area contributed by atoms with E-state index in [-0.39, 0.29) is 5.76 Å². The number of aromatic nitrogens is 3. The zero-order chi connectivity index (χ0) is 20.3. The number of nitrogens with one attached hydrogen (secondary N) is 1. The highest BCUT2D eigenvalue weighted by Crippen LogP contribution is 2.32. The van der Waals surface area contributed by atoms with Crippen molar-refractivity contribution in [3.8, 4) is 11.1 Å². The molecule has 0 saturated heterocycles. The second kappa shape index (κ2) is 7.96. The third-order valence-electron chi connectivity index (χ3n) is 4.24. The molecule has 0 spiro atoms. The fourth-order valence-corrected chi connectivity index (χ4v) is 2.74. The highest BCUT2D eigenvalue weighted by Gasteiger charge is 2.14. The summed E-state index contributed by atoms with van der Waals surface area (Å²) in [4.78, 5) is 29.4. The first-order valence-corrected chi connectivity index (χ1v) is 8.73. The Labute approximate surface area is 163 Å². The van der Waals surface area contributed by atoms with Crippen LogP contribution >= 0.6 is 0 Å². The third-order valence-corrected chi connectivity index (χ3v) is 4.24. The van der Waals surface area contributed by atoms with Crippen molar-refractivity contribution < 1.29 is 9.21 Å². The van der Waals surface area contributed by atoms with Gasteiger partial charge in [-0.2, -0.15) is 0 Å². The average molecular weight is 375 g/mol. The lowest BCUT2D eigenvalue weighted by Crippen LogP contribution is -2.28. The van der Waals surface area contributed by atoms with E-state index in [0.29, 0.717) is 17.6 Å². The Balaban J connectivity index is 1.96. The first-order valence-electron chi connectivity index (χ1n) is 8.73. The van der Waals surface area contributed by atoms with Gasteiger partial charge in [-0.1, -0.05) is 18.7 Å². The maximum atomic E-state index is 12.3. The summed E-state index contributed by atoms with van der Waals surface area (Å²) in [6.07, 6.45) is 6.44. The monoisotopic (exact) mass is 375 g/mol. The molecule has 1 amide bonds. The Bertz CT molecular complexity index is 1060. The molecule has 2 heterocycles. The Kier molecular flexibility index (Phi) is 5.44. The molecule has 28 heavy (non-hydrogen) atoms. The van der Waals surface area contributed by atoms with E-state index in [1.807, 2.05) is 32.9 Å². The topological polar surface area (TPSA) is 93.3 Å². The van der Waals surface area contributed by atoms with Crippen molar-refractivity contribution in [2.45, 2.75) is 27.7 Å². The highest BCUT2D eigenvalue weighted by atomic mass is 16.4. The van der Waals surface area contributed by atoms with E-state index >= 15 is 0 Å². The van der Waals surface area contributed by atoms with Gasteiger partial charge in [-0.05, 0) is 43.5 Å². The molecule has 0 aliphatic rings. The maximum Gasteiger partial charge on any atom is 0.294 e. The highest BCUT2D eigenvalue weighted by molar-refractivity contribution is 6.09. The zero-order valence-corrected chi connectivity index (χ0v) is 16.3. The molecule has 7 heteroatoms. The largest absolute Gasteiger partial charge is 0.436 e. The van der Waals surface area contributed by atoms with Crippen molar-refractivity contribution in [3.05, 3.63) is 72.0 Å². The van der Waals surface area contributed by atoms with Crippen LogP contribution in [-0.2, 0) is 0 Å². The van der Waals surface area contributed by atoms with E-state index in [0.717, 1.165) is 27.9 Å². The molecule has 3 rings (SSSR count). The van der Waals surface area contributed by atoms with Crippen LogP contribution in [0.3, 0.4) is 0 Å². The Morgan fingerprint density at radius 2 is 1.82 bits per heavy atom. The van der Waals surface area contributed by atoms with Gasteiger partial charge in [0, 0.05) is 24.9 Å². The minimum absolute atomic E-state index is 0.117. The van der Waals surface area contributed by atoms with Crippen LogP contribution in [0.2, 0.25) is 0 Å². The normalized spacial score (nSPS) is 11.4. The molecule has 0 aliphatic heterocycles. The predicted molar refractivity (Wildman–Crippen MR) is 108 cm³/mol. The molecule has 0 radical (unpaired) electrons. The van der Waals surface area contributed by atoms with Crippen LogP contribution < -0.4 is 5.32 Å². The number of hydrogen-bond acceptors (Lipinski definition) is 6. The Hall–Kier alpha value is -3.61. The lowest BCUT2D eigenvalue weighted by Gasteiger charge is -2.12. The summed E-state index contributed by atoms with van der Waals surface area (Å²) in [7, 11) is 0. The summed E-state index contributed by atoms with van der Waals surface area (Å²) in [6, 6.07) is 3.99. The molecule has 1 aromatic carbocycles. The number of hydrogen-bond donors (Lipinski definition) is 1. The minimum Gasteiger partial charge on any atom is -0.436 e. The number of rotatable bonds is 4. The molecular weight excluding hydrogens is 354 g/mol. The Morgan fingerprint density at radius 1 is 1.11 bits per heavy atom. The SMILES string of the molecule is C=C/C(=N\c1c(C)ccc(-c2cnc(C)nc2)c1C)NC(=O)c1cnc(C)o1. The summed E-state index contributed by atoms with van der Waals surface area (Å²) >= 11 is 0. The molecular formula is C21H21N5O2. The van der Waals surface area contributed by atoms with E-state index < -0.39 is 5.91 Å². The number of aliphatic imine (C=N–C) groups is 1. The zero-order valence-electron chi connectivity index (χ0n) is 16.3. The predicted octanol–water partition coefficient (Wildman–Crippen LogP) is 4.01. The lowest BCUT2D eigenvalue weighted by molar-refractivity contribution is 0.0949. The number of carbonyl (C=O) groups excluding carboxylic acids is 1. The second-order valence-corrected chi connectivity index (χ2v) is 6.32. The number of benzene rings is 1. The molecule has 2 aromatic heterocycles. The minimum atomic E-state index is -0.433. The van der Waals surface area contributed by atoms with E-state index in [9.17, 15) is 4.79 Å². The molecule has 0 saturated carbocycles. The van der Waals surface area contributed by atoms with Crippen LogP contribution in [0, 0.1) is 27.7 Å². The van der Waals surface area contributed by atoms with Gasteiger partial charge in [0.2, 0.25) is 5.76 Å². The lowest BCUT2D eigenvalue weighted by atomic mass is 9.98. The summed E-state index contributed by atoms with van der Waals surface area (Å²) in [6.45, 7) is 11.2. The third kappa shape index (κ3) is 4.03. The molecule has 0 atom stereocenters. The Morgan fingerprint density at radius 3 is 2.43 bits per heavy atom. The fourth-order valence-electron chi connectivity index (χ4n) is 2.74. The van der Waals surface area contributed by atoms with Gasteiger partial charge >= 0.3 is 0 Å². The maximum absolute atomic E-state index is 12.3. The van der Waals surface area contributed by atoms with Gasteiger partial charge in [0.15, 0.2) is 5.89 Å². The molecule has 1 N–H and O–H groups in total. The van der Waals surface area contributed by atoms with E-state index in [1.165, 1.54) is 12.3 Å². The second-order valence-electron chi connectivity index (χ2n) is 6.32. The van der Waals surface area contributed by atoms with Gasteiger partial charge in [0.05, 0.1) is 11.9 Å². The van der Waals surface area contributed by atoms with Crippen molar-refractivity contribution in [1.29, 1.82) is 0 Å². The van der Waals surface area contributed by atoms with Crippen LogP contribution in [0.15, 0.2) is 52.8 Å². The molecule has 7 nitrogen and oxygen atoms in total. The average Bonchev–Trinajstić information content (AvgIpc) is 3.11. The van der Waals surface area contributed by atoms with Crippen LogP contribution in [0.5, 0.6) is 0 Å². The van der Waals surface area contributed by atoms with E-state index in [2.05, 4.69) is 31.8 Å². The van der Waals surface area contributed by atoms with Crippen LogP contribution in [0.25, 0.3) is 11.1 Å². The summed E-state index contributed by atoms with van der Waals surface area (Å²) in [5.74, 6) is 1.14. The van der Waals surface area contributed by atoms with Crippen molar-refractivity contribution in [2.24, 2.45) is 4.99 Å². The molecule has 0 bridgehead atoms. The number of carbonyl (C=O) groups is 1. The van der Waals surface area contributed by atoms with Gasteiger partial charge in [0.25, 0.3) is 5.91 Å². The van der Waals surface area contributed by atoms with Gasteiger partial charge in [-0.25, -0.2) is 19.9 Å². The van der Waals surface area contributed by atoms with Crippen LogP contribution in [0.1, 0.15) is 33.4 Å². The van der Waals surface area contributed by atoms with E-state index in [4.69, 9.17) is 4.42 Å². The standard InChI is InChI=1S/C21H21N5O2/c1-6-19(26-21(27)18-11-24-15(5)28-18)25-20-12(2)7-8-17(13(20)3)16-9-22-14(4)23-10-16/h6-11H,1H2,2-5H3,(H,25,26,27). The first kappa shape index (κ1) is 19.2. The van der Waals surface area contributed by atoms with Crippen LogP contribution in [0.4, 0.5) is 5.69 Å². The van der Waals surface area contributed by atoms with Gasteiger partial charge in [-0.3, -0.25) is 4.79 Å². The van der Waals surface area contributed by atoms with Crippen molar-refractivity contribution in [3.63, 3.8) is 0 Å². The number of amidine groups is 1. The van der Waals surface area contributed by atoms with E-state index in [1.54, 1.807) is 19.3 Å². The van der Waals surface area contributed by atoms with Crippen molar-refractivity contribution in [2.75, 3.05) is 0 Å². The fraction of sp³-hybridized carbons (Fsp3) is 0.190. The quantitative estimate of drug-likeness (QED) is 0.549. The molecule has 3 aromatic rings. The first-order chi connectivity index (χ1) is 13.4. The molecule has 0 aliphatic carbocycles.